The van der Waals surface area contributed by atoms with Crippen LogP contribution in [0.1, 0.15) is 25.7 Å². The van der Waals surface area contributed by atoms with Gasteiger partial charge in [0.05, 0.1) is 12.6 Å². The maximum atomic E-state index is 11.4. The molecule has 0 spiro atoms. The number of amidine groups is 1. The molecule has 1 N–H and O–H groups in total. The number of carbonyl (C=O) groups is 1. The van der Waals surface area contributed by atoms with Crippen LogP contribution in [0.15, 0.2) is 4.99 Å². The van der Waals surface area contributed by atoms with Gasteiger partial charge in [0.2, 0.25) is 0 Å². The summed E-state index contributed by atoms with van der Waals surface area (Å²) in [6.07, 6.45) is 4.96. The van der Waals surface area contributed by atoms with Gasteiger partial charge in [-0.05, 0) is 12.8 Å². The Bertz CT molecular complexity index is 262. The Balaban J connectivity index is 1.63. The number of rotatable bonds is 3. The number of nitrogens with one attached hydrogen (secondary N) is 1. The summed E-state index contributed by atoms with van der Waals surface area (Å²) in [6.45, 7) is 0.980. The summed E-state index contributed by atoms with van der Waals surface area (Å²) < 4.78 is 5.50. The van der Waals surface area contributed by atoms with Crippen LogP contribution in [0.2, 0.25) is 0 Å². The normalized spacial score (nSPS) is 21.7. The molecule has 2 rings (SSSR count). The predicted octanol–water partition coefficient (Wildman–Crippen LogP) is 1.16. The maximum absolute atomic E-state index is 11.4. The summed E-state index contributed by atoms with van der Waals surface area (Å²) in [5.74, 6) is 0.897. The van der Waals surface area contributed by atoms with Gasteiger partial charge in [-0.3, -0.25) is 9.79 Å². The quantitative estimate of drug-likeness (QED) is 0.788. The molecule has 0 aromatic rings. The number of thioether (sulfide) groups is 1. The van der Waals surface area contributed by atoms with Crippen LogP contribution in [0, 0.1) is 0 Å². The standard InChI is InChI=1S/C10H16N2O2S/c13-9(12-10-11-5-6-15-10)7-14-8-3-1-2-4-8/h8H,1-7H2,(H,11,12,13). The smallest absolute Gasteiger partial charge is 0.251 e. The minimum atomic E-state index is -0.0740. The van der Waals surface area contributed by atoms with Crippen molar-refractivity contribution >= 4 is 22.8 Å². The fourth-order valence-corrected chi connectivity index (χ4v) is 2.56. The van der Waals surface area contributed by atoms with Gasteiger partial charge in [-0.25, -0.2) is 0 Å². The monoisotopic (exact) mass is 228 g/mol. The predicted molar refractivity (Wildman–Crippen MR) is 61.1 cm³/mol. The molecule has 4 nitrogen and oxygen atoms in total. The Labute approximate surface area is 93.9 Å². The van der Waals surface area contributed by atoms with Crippen molar-refractivity contribution in [3.05, 3.63) is 0 Å². The highest BCUT2D eigenvalue weighted by Gasteiger charge is 2.17. The highest BCUT2D eigenvalue weighted by Crippen LogP contribution is 2.20. The third kappa shape index (κ3) is 3.50. The van der Waals surface area contributed by atoms with E-state index in [1.807, 2.05) is 0 Å². The fourth-order valence-electron chi connectivity index (χ4n) is 1.81. The van der Waals surface area contributed by atoms with Crippen LogP contribution < -0.4 is 5.32 Å². The molecule has 1 amide bonds. The van der Waals surface area contributed by atoms with E-state index in [-0.39, 0.29) is 12.5 Å². The van der Waals surface area contributed by atoms with E-state index in [0.717, 1.165) is 30.3 Å². The van der Waals surface area contributed by atoms with E-state index in [9.17, 15) is 4.79 Å². The molecule has 1 fully saturated rings. The molecule has 1 aliphatic carbocycles. The summed E-state index contributed by atoms with van der Waals surface area (Å²) in [5, 5.41) is 3.50. The molecule has 0 saturated heterocycles. The zero-order chi connectivity index (χ0) is 10.5. The second kappa shape index (κ2) is 5.51. The summed E-state index contributed by atoms with van der Waals surface area (Å²) in [7, 11) is 0. The molecular weight excluding hydrogens is 212 g/mol. The second-order valence-corrected chi connectivity index (χ2v) is 4.88. The van der Waals surface area contributed by atoms with Gasteiger partial charge in [-0.15, -0.1) is 0 Å². The molecule has 5 heteroatoms. The van der Waals surface area contributed by atoms with Crippen molar-refractivity contribution in [2.45, 2.75) is 31.8 Å². The highest BCUT2D eigenvalue weighted by molar-refractivity contribution is 8.14. The molecule has 84 valence electrons. The number of hydrogen-bond donors (Lipinski definition) is 1. The van der Waals surface area contributed by atoms with E-state index in [4.69, 9.17) is 4.74 Å². The molecule has 15 heavy (non-hydrogen) atoms. The van der Waals surface area contributed by atoms with Gasteiger partial charge < -0.3 is 10.1 Å². The molecule has 0 aromatic carbocycles. The van der Waals surface area contributed by atoms with E-state index >= 15 is 0 Å². The molecule has 1 aliphatic heterocycles. The minimum absolute atomic E-state index is 0.0740. The van der Waals surface area contributed by atoms with E-state index in [1.165, 1.54) is 12.8 Å². The van der Waals surface area contributed by atoms with Crippen molar-refractivity contribution in [2.24, 2.45) is 4.99 Å². The number of nitrogens with zero attached hydrogens (tertiary/aromatic N) is 1. The summed E-state index contributed by atoms with van der Waals surface area (Å²) >= 11 is 1.59. The Morgan fingerprint density at radius 2 is 2.33 bits per heavy atom. The molecule has 1 heterocycles. The number of aliphatic imine (C=N–C) groups is 1. The van der Waals surface area contributed by atoms with Crippen LogP contribution in [-0.4, -0.2) is 36.1 Å². The van der Waals surface area contributed by atoms with E-state index in [1.54, 1.807) is 11.8 Å². The largest absolute Gasteiger partial charge is 0.368 e. The summed E-state index contributed by atoms with van der Waals surface area (Å²) in [6, 6.07) is 0. The van der Waals surface area contributed by atoms with Crippen LogP contribution in [0.5, 0.6) is 0 Å². The lowest BCUT2D eigenvalue weighted by molar-refractivity contribution is -0.126. The number of amides is 1. The van der Waals surface area contributed by atoms with Crippen molar-refractivity contribution in [3.63, 3.8) is 0 Å². The lowest BCUT2D eigenvalue weighted by atomic mass is 10.3. The third-order valence-corrected chi connectivity index (χ3v) is 3.48. The third-order valence-electron chi connectivity index (χ3n) is 2.58. The Hall–Kier alpha value is -0.550. The van der Waals surface area contributed by atoms with Crippen molar-refractivity contribution in [3.8, 4) is 0 Å². The van der Waals surface area contributed by atoms with Gasteiger partial charge >= 0.3 is 0 Å². The molecule has 2 aliphatic rings. The molecule has 0 aromatic heterocycles. The van der Waals surface area contributed by atoms with Crippen LogP contribution in [0.4, 0.5) is 0 Å². The zero-order valence-electron chi connectivity index (χ0n) is 8.70. The average molecular weight is 228 g/mol. The average Bonchev–Trinajstić information content (AvgIpc) is 2.86. The Morgan fingerprint density at radius 1 is 1.53 bits per heavy atom. The fraction of sp³-hybridized carbons (Fsp3) is 0.800. The lowest BCUT2D eigenvalue weighted by Crippen LogP contribution is -2.32. The van der Waals surface area contributed by atoms with E-state index < -0.39 is 0 Å². The van der Waals surface area contributed by atoms with Gasteiger partial charge in [0.25, 0.3) is 5.91 Å². The SMILES string of the molecule is O=C(COC1CCCC1)NC1=NCCS1. The van der Waals surface area contributed by atoms with Gasteiger partial charge in [0.15, 0.2) is 5.17 Å². The van der Waals surface area contributed by atoms with Crippen LogP contribution >= 0.6 is 11.8 Å². The van der Waals surface area contributed by atoms with Crippen LogP contribution in [-0.2, 0) is 9.53 Å². The number of hydrogen-bond acceptors (Lipinski definition) is 4. The van der Waals surface area contributed by atoms with Crippen molar-refractivity contribution in [2.75, 3.05) is 18.9 Å². The van der Waals surface area contributed by atoms with E-state index in [2.05, 4.69) is 10.3 Å². The molecule has 0 unspecified atom stereocenters. The first-order valence-corrected chi connectivity index (χ1v) is 6.42. The molecular formula is C10H16N2O2S. The van der Waals surface area contributed by atoms with Crippen molar-refractivity contribution < 1.29 is 9.53 Å². The van der Waals surface area contributed by atoms with Gasteiger partial charge in [-0.2, -0.15) is 0 Å². The van der Waals surface area contributed by atoms with Crippen LogP contribution in [0.25, 0.3) is 0 Å². The van der Waals surface area contributed by atoms with Gasteiger partial charge in [0.1, 0.15) is 6.61 Å². The van der Waals surface area contributed by atoms with Crippen molar-refractivity contribution in [1.82, 2.24) is 5.32 Å². The minimum Gasteiger partial charge on any atom is -0.368 e. The number of carbonyl (C=O) groups excluding carboxylic acids is 1. The first-order chi connectivity index (χ1) is 7.34. The maximum Gasteiger partial charge on any atom is 0.251 e. The second-order valence-electron chi connectivity index (χ2n) is 3.80. The van der Waals surface area contributed by atoms with Crippen LogP contribution in [0.3, 0.4) is 0 Å². The topological polar surface area (TPSA) is 50.7 Å². The van der Waals surface area contributed by atoms with Gasteiger partial charge in [0, 0.05) is 5.75 Å². The lowest BCUT2D eigenvalue weighted by Gasteiger charge is -2.10. The molecule has 0 radical (unpaired) electrons. The highest BCUT2D eigenvalue weighted by atomic mass is 32.2. The molecule has 0 atom stereocenters. The molecule has 1 saturated carbocycles. The van der Waals surface area contributed by atoms with E-state index in [0.29, 0.717) is 6.10 Å². The first-order valence-electron chi connectivity index (χ1n) is 5.43. The summed E-state index contributed by atoms with van der Waals surface area (Å²) in [4.78, 5) is 15.6. The zero-order valence-corrected chi connectivity index (χ0v) is 9.52. The Morgan fingerprint density at radius 3 is 3.00 bits per heavy atom. The van der Waals surface area contributed by atoms with Gasteiger partial charge in [-0.1, -0.05) is 24.6 Å². The molecule has 0 bridgehead atoms. The first kappa shape index (κ1) is 11.0. The Kier molecular flexibility index (Phi) is 4.02. The number of ether oxygens (including phenoxy) is 1. The summed E-state index contributed by atoms with van der Waals surface area (Å²) in [5.41, 5.74) is 0. The van der Waals surface area contributed by atoms with Crippen molar-refractivity contribution in [1.29, 1.82) is 0 Å².